The van der Waals surface area contributed by atoms with Crippen LogP contribution in [-0.2, 0) is 6.42 Å². The van der Waals surface area contributed by atoms with Gasteiger partial charge >= 0.3 is 0 Å². The summed E-state index contributed by atoms with van der Waals surface area (Å²) < 4.78 is 32.4. The van der Waals surface area contributed by atoms with Gasteiger partial charge in [-0.05, 0) is 68.4 Å². The minimum Gasteiger partial charge on any atom is -0.493 e. The molecule has 2 aromatic rings. The molecule has 0 fully saturated rings. The fourth-order valence-electron chi connectivity index (χ4n) is 6.19. The number of benzene rings is 2. The molecule has 2 aromatic carbocycles. The first-order chi connectivity index (χ1) is 26.0. The van der Waals surface area contributed by atoms with Gasteiger partial charge in [-0.3, -0.25) is 4.79 Å². The Bertz CT molecular complexity index is 1220. The number of allylic oxidation sites excluding steroid dienone is 1. The van der Waals surface area contributed by atoms with Crippen LogP contribution in [-0.4, -0.2) is 38.8 Å². The molecular formula is C47H76O6. The van der Waals surface area contributed by atoms with Crippen molar-refractivity contribution >= 4 is 11.9 Å². The van der Waals surface area contributed by atoms with Gasteiger partial charge in [-0.1, -0.05) is 144 Å². The van der Waals surface area contributed by atoms with Gasteiger partial charge in [-0.25, -0.2) is 0 Å². The third-order valence-electron chi connectivity index (χ3n) is 9.56. The SMILES string of the molecule is CCCCCCOc1ccc(CC)cc1C=CC(=O)c1c(OCCCCCC)c(OCCCCCC)cc(OCCCCCC)c1OCCCCCC. The Hall–Kier alpha value is -3.15. The van der Waals surface area contributed by atoms with Gasteiger partial charge in [0.15, 0.2) is 28.8 Å². The number of aryl methyl sites for hydroxylation is 1. The minimum atomic E-state index is -0.194. The topological polar surface area (TPSA) is 63.2 Å². The van der Waals surface area contributed by atoms with Crippen LogP contribution in [0.5, 0.6) is 28.7 Å². The molecule has 0 amide bonds. The van der Waals surface area contributed by atoms with Crippen LogP contribution in [0, 0.1) is 0 Å². The van der Waals surface area contributed by atoms with Crippen LogP contribution in [0.3, 0.4) is 0 Å². The standard InChI is InChI=1S/C47H76O6/c1-7-13-18-23-32-49-42-31-28-39(12-6)37-40(42)29-30-41(48)45-46(52-35-26-21-16-10-4)43(50-33-24-19-14-8-2)38-44(51-34-25-20-15-9-3)47(45)53-36-27-22-17-11-5/h28-31,37-38H,7-27,32-36H2,1-6H3. The average Bonchev–Trinajstić information content (AvgIpc) is 3.17. The third kappa shape index (κ3) is 18.6. The van der Waals surface area contributed by atoms with E-state index in [1.807, 2.05) is 18.2 Å². The molecule has 6 heteroatoms. The van der Waals surface area contributed by atoms with Crippen LogP contribution in [0.2, 0.25) is 0 Å². The van der Waals surface area contributed by atoms with E-state index in [4.69, 9.17) is 23.7 Å². The second-order valence-electron chi connectivity index (χ2n) is 14.4. The maximum atomic E-state index is 14.7. The number of ether oxygens (including phenoxy) is 5. The van der Waals surface area contributed by atoms with E-state index < -0.39 is 0 Å². The summed E-state index contributed by atoms with van der Waals surface area (Å²) in [5.74, 6) is 2.63. The van der Waals surface area contributed by atoms with Gasteiger partial charge in [-0.15, -0.1) is 0 Å². The second kappa shape index (κ2) is 30.2. The molecular weight excluding hydrogens is 661 g/mol. The number of rotatable bonds is 34. The van der Waals surface area contributed by atoms with Crippen LogP contribution in [0.25, 0.3) is 6.08 Å². The average molecular weight is 737 g/mol. The van der Waals surface area contributed by atoms with Crippen LogP contribution in [0.1, 0.15) is 191 Å². The summed E-state index contributed by atoms with van der Waals surface area (Å²) in [6.45, 7) is 15.9. The fourth-order valence-corrected chi connectivity index (χ4v) is 6.19. The number of carbonyl (C=O) groups is 1. The number of hydrogen-bond acceptors (Lipinski definition) is 6. The summed E-state index contributed by atoms with van der Waals surface area (Å²) in [5.41, 5.74) is 2.48. The maximum Gasteiger partial charge on any atom is 0.193 e. The predicted octanol–water partition coefficient (Wildman–Crippen LogP) is 13.9. The molecule has 0 bridgehead atoms. The fraction of sp³-hybridized carbons (Fsp3) is 0.681. The Labute approximate surface area is 324 Å². The predicted molar refractivity (Wildman–Crippen MR) is 224 cm³/mol. The van der Waals surface area contributed by atoms with Crippen molar-refractivity contribution in [3.63, 3.8) is 0 Å². The van der Waals surface area contributed by atoms with Gasteiger partial charge in [0, 0.05) is 11.6 Å². The molecule has 53 heavy (non-hydrogen) atoms. The van der Waals surface area contributed by atoms with Gasteiger partial charge in [0.2, 0.25) is 0 Å². The Morgan fingerprint density at radius 3 is 1.26 bits per heavy atom. The molecule has 0 radical (unpaired) electrons. The summed E-state index contributed by atoms with van der Waals surface area (Å²) in [5, 5.41) is 0. The molecule has 6 nitrogen and oxygen atoms in total. The first-order valence-corrected chi connectivity index (χ1v) is 21.7. The van der Waals surface area contributed by atoms with Crippen molar-refractivity contribution < 1.29 is 28.5 Å². The van der Waals surface area contributed by atoms with E-state index in [2.05, 4.69) is 53.7 Å². The summed E-state index contributed by atoms with van der Waals surface area (Å²) >= 11 is 0. The molecule has 0 heterocycles. The quantitative estimate of drug-likeness (QED) is 0.0405. The molecule has 0 saturated heterocycles. The highest BCUT2D eigenvalue weighted by Crippen LogP contribution is 2.46. The van der Waals surface area contributed by atoms with E-state index in [9.17, 15) is 4.79 Å². The van der Waals surface area contributed by atoms with Crippen LogP contribution in [0.15, 0.2) is 30.3 Å². The molecule has 300 valence electrons. The second-order valence-corrected chi connectivity index (χ2v) is 14.4. The largest absolute Gasteiger partial charge is 0.493 e. The van der Waals surface area contributed by atoms with Gasteiger partial charge in [0.05, 0.1) is 33.0 Å². The van der Waals surface area contributed by atoms with Gasteiger partial charge < -0.3 is 23.7 Å². The highest BCUT2D eigenvalue weighted by Gasteiger charge is 2.27. The molecule has 0 aliphatic carbocycles. The van der Waals surface area contributed by atoms with Crippen molar-refractivity contribution in [1.29, 1.82) is 0 Å². The van der Waals surface area contributed by atoms with Gasteiger partial charge in [0.1, 0.15) is 11.3 Å². The van der Waals surface area contributed by atoms with Crippen molar-refractivity contribution in [1.82, 2.24) is 0 Å². The lowest BCUT2D eigenvalue weighted by Crippen LogP contribution is -2.12. The van der Waals surface area contributed by atoms with E-state index in [0.717, 1.165) is 120 Å². The van der Waals surface area contributed by atoms with Gasteiger partial charge in [0.25, 0.3) is 0 Å². The lowest BCUT2D eigenvalue weighted by atomic mass is 10.0. The van der Waals surface area contributed by atoms with Gasteiger partial charge in [-0.2, -0.15) is 0 Å². The normalized spacial score (nSPS) is 11.3. The van der Waals surface area contributed by atoms with Crippen LogP contribution in [0.4, 0.5) is 0 Å². The molecule has 0 atom stereocenters. The molecule has 0 spiro atoms. The van der Waals surface area contributed by atoms with E-state index in [0.29, 0.717) is 61.6 Å². The van der Waals surface area contributed by atoms with Crippen LogP contribution >= 0.6 is 0 Å². The monoisotopic (exact) mass is 737 g/mol. The molecule has 0 N–H and O–H groups in total. The Balaban J connectivity index is 2.65. The summed E-state index contributed by atoms with van der Waals surface area (Å²) in [6.07, 6.45) is 26.2. The zero-order valence-corrected chi connectivity index (χ0v) is 34.8. The molecule has 0 unspecified atom stereocenters. The van der Waals surface area contributed by atoms with E-state index in [1.54, 1.807) is 6.08 Å². The van der Waals surface area contributed by atoms with Crippen LogP contribution < -0.4 is 23.7 Å². The molecule has 0 saturated carbocycles. The highest BCUT2D eigenvalue weighted by atomic mass is 16.5. The van der Waals surface area contributed by atoms with Crippen molar-refractivity contribution in [2.24, 2.45) is 0 Å². The molecule has 2 rings (SSSR count). The summed E-state index contributed by atoms with van der Waals surface area (Å²) in [7, 11) is 0. The first-order valence-electron chi connectivity index (χ1n) is 21.7. The van der Waals surface area contributed by atoms with Crippen molar-refractivity contribution in [2.75, 3.05) is 33.0 Å². The smallest absolute Gasteiger partial charge is 0.193 e. The van der Waals surface area contributed by atoms with E-state index in [1.165, 1.54) is 31.2 Å². The van der Waals surface area contributed by atoms with Crippen molar-refractivity contribution in [3.8, 4) is 28.7 Å². The Kier molecular flexibility index (Phi) is 26.2. The van der Waals surface area contributed by atoms with Crippen molar-refractivity contribution in [3.05, 3.63) is 47.0 Å². The number of unbranched alkanes of at least 4 members (excludes halogenated alkanes) is 15. The number of ketones is 1. The van der Waals surface area contributed by atoms with Crippen molar-refractivity contribution in [2.45, 2.75) is 176 Å². The first kappa shape index (κ1) is 46.0. The molecule has 0 aliphatic heterocycles. The summed E-state index contributed by atoms with van der Waals surface area (Å²) in [4.78, 5) is 14.7. The van der Waals surface area contributed by atoms with E-state index in [-0.39, 0.29) is 5.78 Å². The molecule has 0 aromatic heterocycles. The number of hydrogen-bond donors (Lipinski definition) is 0. The third-order valence-corrected chi connectivity index (χ3v) is 9.56. The zero-order chi connectivity index (χ0) is 38.4. The number of carbonyl (C=O) groups excluding carboxylic acids is 1. The Morgan fingerprint density at radius 1 is 0.472 bits per heavy atom. The Morgan fingerprint density at radius 2 is 0.868 bits per heavy atom. The maximum absolute atomic E-state index is 14.7. The highest BCUT2D eigenvalue weighted by molar-refractivity contribution is 6.11. The van der Waals surface area contributed by atoms with E-state index >= 15 is 0 Å². The lowest BCUT2D eigenvalue weighted by Gasteiger charge is -2.22. The lowest BCUT2D eigenvalue weighted by molar-refractivity contribution is 0.103. The summed E-state index contributed by atoms with van der Waals surface area (Å²) in [6, 6.07) is 8.19. The minimum absolute atomic E-state index is 0.194. The zero-order valence-electron chi connectivity index (χ0n) is 34.8. The molecule has 0 aliphatic rings.